The van der Waals surface area contributed by atoms with Crippen molar-refractivity contribution in [2.45, 2.75) is 38.2 Å². The van der Waals surface area contributed by atoms with Crippen LogP contribution in [0.1, 0.15) is 47.6 Å². The minimum Gasteiger partial charge on any atom is -0.497 e. The minimum atomic E-state index is -0.550. The number of hydrogen-bond acceptors (Lipinski definition) is 6. The normalized spacial score (nSPS) is 19.3. The van der Waals surface area contributed by atoms with Crippen LogP contribution in [0.15, 0.2) is 81.6 Å². The zero-order valence-electron chi connectivity index (χ0n) is 20.3. The van der Waals surface area contributed by atoms with Gasteiger partial charge in [-0.15, -0.1) is 11.3 Å². The minimum absolute atomic E-state index is 0.0365. The Hall–Kier alpha value is -3.05. The van der Waals surface area contributed by atoms with Crippen LogP contribution in [-0.4, -0.2) is 12.9 Å². The molecule has 37 heavy (non-hydrogen) atoms. The van der Waals surface area contributed by atoms with Gasteiger partial charge in [-0.25, -0.2) is 0 Å². The molecule has 3 aromatic rings. The number of ketones is 1. The summed E-state index contributed by atoms with van der Waals surface area (Å²) in [6.07, 6.45) is 1.08. The van der Waals surface area contributed by atoms with Crippen molar-refractivity contribution in [1.82, 2.24) is 5.32 Å². The lowest BCUT2D eigenvalue weighted by Crippen LogP contribution is -2.33. The number of halogens is 2. The molecule has 0 radical (unpaired) electrons. The third-order valence-corrected chi connectivity index (χ3v) is 9.04. The van der Waals surface area contributed by atoms with Crippen LogP contribution in [0.4, 0.5) is 0 Å². The van der Waals surface area contributed by atoms with Gasteiger partial charge in [0.1, 0.15) is 18.1 Å². The van der Waals surface area contributed by atoms with Crippen LogP contribution in [0, 0.1) is 11.3 Å². The number of hydrogen-bond donors (Lipinski definition) is 1. The molecule has 5 rings (SSSR count). The summed E-state index contributed by atoms with van der Waals surface area (Å²) in [4.78, 5) is 14.7. The van der Waals surface area contributed by atoms with Crippen LogP contribution in [-0.2, 0) is 11.4 Å². The fourth-order valence-corrected chi connectivity index (χ4v) is 7.03. The zero-order chi connectivity index (χ0) is 26.1. The number of rotatable bonds is 6. The number of allylic oxidation sites excluding steroid dienone is 4. The molecule has 2 heterocycles. The van der Waals surface area contributed by atoms with Crippen LogP contribution in [0.5, 0.6) is 11.5 Å². The first kappa shape index (κ1) is 25.6. The van der Waals surface area contributed by atoms with Crippen molar-refractivity contribution in [2.75, 3.05) is 7.11 Å². The number of carbonyl (C=O) groups is 1. The van der Waals surface area contributed by atoms with Crippen molar-refractivity contribution in [2.24, 2.45) is 0 Å². The van der Waals surface area contributed by atoms with Crippen LogP contribution < -0.4 is 14.8 Å². The molecule has 2 aliphatic rings. The summed E-state index contributed by atoms with van der Waals surface area (Å²) >= 11 is 11.1. The molecular formula is C29H24BrClN2O3S. The van der Waals surface area contributed by atoms with Gasteiger partial charge in [-0.1, -0.05) is 41.9 Å². The van der Waals surface area contributed by atoms with E-state index in [9.17, 15) is 10.1 Å². The van der Waals surface area contributed by atoms with Crippen LogP contribution >= 0.6 is 38.9 Å². The highest BCUT2D eigenvalue weighted by molar-refractivity contribution is 9.10. The summed E-state index contributed by atoms with van der Waals surface area (Å²) in [5.74, 6) is 0.789. The first-order valence-corrected chi connectivity index (χ1v) is 13.8. The van der Waals surface area contributed by atoms with Crippen LogP contribution in [0.3, 0.4) is 0 Å². The molecule has 1 aliphatic carbocycles. The van der Waals surface area contributed by atoms with Crippen molar-refractivity contribution in [3.63, 3.8) is 0 Å². The van der Waals surface area contributed by atoms with E-state index in [2.05, 4.69) is 39.4 Å². The van der Waals surface area contributed by atoms with E-state index in [1.54, 1.807) is 7.11 Å². The van der Waals surface area contributed by atoms with E-state index in [1.807, 2.05) is 49.4 Å². The van der Waals surface area contributed by atoms with E-state index in [4.69, 9.17) is 21.1 Å². The third kappa shape index (κ3) is 5.06. The molecule has 0 amide bonds. The van der Waals surface area contributed by atoms with Gasteiger partial charge in [-0.2, -0.15) is 5.26 Å². The van der Waals surface area contributed by atoms with Crippen molar-refractivity contribution >= 4 is 44.7 Å². The molecule has 8 heteroatoms. The summed E-state index contributed by atoms with van der Waals surface area (Å²) < 4.78 is 13.4. The predicted octanol–water partition coefficient (Wildman–Crippen LogP) is 7.64. The summed E-state index contributed by atoms with van der Waals surface area (Å²) in [5, 5.41) is 13.6. The Morgan fingerprint density at radius 3 is 2.65 bits per heavy atom. The van der Waals surface area contributed by atoms with Gasteiger partial charge < -0.3 is 14.8 Å². The lowest BCUT2D eigenvalue weighted by molar-refractivity contribution is -0.116. The Morgan fingerprint density at radius 1 is 1.19 bits per heavy atom. The van der Waals surface area contributed by atoms with Crippen LogP contribution in [0.2, 0.25) is 4.34 Å². The molecule has 0 saturated carbocycles. The second-order valence-corrected chi connectivity index (χ2v) is 11.7. The molecule has 0 fully saturated rings. The smallest absolute Gasteiger partial charge is 0.162 e. The summed E-state index contributed by atoms with van der Waals surface area (Å²) in [5.41, 5.74) is 4.62. The van der Waals surface area contributed by atoms with Crippen LogP contribution in [0.25, 0.3) is 0 Å². The number of methoxy groups -OCH3 is 1. The highest BCUT2D eigenvalue weighted by Crippen LogP contribution is 2.48. The van der Waals surface area contributed by atoms with E-state index in [0.29, 0.717) is 46.4 Å². The molecule has 1 aliphatic heterocycles. The Bertz CT molecular complexity index is 1470. The molecule has 1 N–H and O–H groups in total. The number of benzene rings is 2. The molecule has 2 atom stereocenters. The Morgan fingerprint density at radius 2 is 1.97 bits per heavy atom. The maximum Gasteiger partial charge on any atom is 0.162 e. The molecule has 1 aromatic heterocycles. The average Bonchev–Trinajstić information content (AvgIpc) is 3.23. The number of thiophene rings is 1. The second kappa shape index (κ2) is 10.7. The molecule has 0 saturated heterocycles. The van der Waals surface area contributed by atoms with E-state index >= 15 is 0 Å². The maximum absolute atomic E-state index is 13.7. The molecule has 2 unspecified atom stereocenters. The highest BCUT2D eigenvalue weighted by Gasteiger charge is 2.40. The summed E-state index contributed by atoms with van der Waals surface area (Å²) in [6, 6.07) is 19.8. The SMILES string of the molecule is COc1ccc(OCc2sc(Cl)cc2Br)c(C2C(C#N)=C(C)NC3=C2C(=O)CC(c2ccccc2)C3)c1. The quantitative estimate of drug-likeness (QED) is 0.317. The number of nitrogens with zero attached hydrogens (tertiary/aromatic N) is 1. The zero-order valence-corrected chi connectivity index (χ0v) is 23.5. The topological polar surface area (TPSA) is 71.3 Å². The van der Waals surface area contributed by atoms with Crippen molar-refractivity contribution in [3.05, 3.63) is 102 Å². The van der Waals surface area contributed by atoms with Gasteiger partial charge in [0.15, 0.2) is 5.78 Å². The lowest BCUT2D eigenvalue weighted by atomic mass is 9.72. The molecule has 2 aromatic carbocycles. The summed E-state index contributed by atoms with van der Waals surface area (Å²) in [7, 11) is 1.60. The largest absolute Gasteiger partial charge is 0.497 e. The van der Waals surface area contributed by atoms with Crippen molar-refractivity contribution < 1.29 is 14.3 Å². The number of Topliss-reactive ketones (excluding diaryl/α,β-unsaturated/α-hetero) is 1. The van der Waals surface area contributed by atoms with Gasteiger partial charge >= 0.3 is 0 Å². The third-order valence-electron chi connectivity index (χ3n) is 6.83. The van der Waals surface area contributed by atoms with E-state index < -0.39 is 5.92 Å². The molecule has 0 bridgehead atoms. The Kier molecular flexibility index (Phi) is 7.43. The van der Waals surface area contributed by atoms with Gasteiger partial charge in [0, 0.05) is 33.4 Å². The Balaban J connectivity index is 1.58. The van der Waals surface area contributed by atoms with Crippen molar-refractivity contribution in [1.29, 1.82) is 5.26 Å². The average molecular weight is 596 g/mol. The van der Waals surface area contributed by atoms with Gasteiger partial charge in [-0.05, 0) is 65.0 Å². The Labute approximate surface area is 233 Å². The summed E-state index contributed by atoms with van der Waals surface area (Å²) in [6.45, 7) is 2.18. The van der Waals surface area contributed by atoms with Gasteiger partial charge in [-0.3, -0.25) is 4.79 Å². The number of nitriles is 1. The predicted molar refractivity (Wildman–Crippen MR) is 149 cm³/mol. The monoisotopic (exact) mass is 594 g/mol. The van der Waals surface area contributed by atoms with Crippen molar-refractivity contribution in [3.8, 4) is 17.6 Å². The second-order valence-electron chi connectivity index (χ2n) is 9.05. The number of ether oxygens (including phenoxy) is 2. The first-order valence-electron chi connectivity index (χ1n) is 11.8. The number of carbonyl (C=O) groups excluding carboxylic acids is 1. The first-order chi connectivity index (χ1) is 17.9. The molecule has 0 spiro atoms. The van der Waals surface area contributed by atoms with Gasteiger partial charge in [0.25, 0.3) is 0 Å². The lowest BCUT2D eigenvalue weighted by Gasteiger charge is -2.36. The molecular weight excluding hydrogens is 572 g/mol. The fraction of sp³-hybridized carbons (Fsp3) is 0.241. The van der Waals surface area contributed by atoms with E-state index in [-0.39, 0.29) is 11.7 Å². The van der Waals surface area contributed by atoms with Gasteiger partial charge in [0.05, 0.1) is 33.9 Å². The standard InChI is InChI=1S/C29H24BrClN2O3S/c1-16-21(14-32)28(29-23(33-16)10-18(11-24(29)34)17-6-4-3-5-7-17)20-12-19(35-2)8-9-25(20)36-15-26-22(30)13-27(31)37-26/h3-9,12-13,18,28,33H,10-11,15H2,1-2H3. The van der Waals surface area contributed by atoms with E-state index in [0.717, 1.165) is 31.9 Å². The molecule has 188 valence electrons. The number of nitrogens with one attached hydrogen (secondary N) is 1. The fourth-order valence-electron chi connectivity index (χ4n) is 5.09. The number of dihydropyridines is 1. The molecule has 5 nitrogen and oxygen atoms in total. The maximum atomic E-state index is 13.7. The highest BCUT2D eigenvalue weighted by atomic mass is 79.9. The van der Waals surface area contributed by atoms with E-state index in [1.165, 1.54) is 11.3 Å². The van der Waals surface area contributed by atoms with Gasteiger partial charge in [0.2, 0.25) is 0 Å².